The van der Waals surface area contributed by atoms with Crippen molar-refractivity contribution in [2.24, 2.45) is 5.10 Å². The highest BCUT2D eigenvalue weighted by Gasteiger charge is 2.31. The Morgan fingerprint density at radius 2 is 1.64 bits per heavy atom. The fourth-order valence-electron chi connectivity index (χ4n) is 2.95. The minimum Gasteiger partial charge on any atom is -0.406 e. The van der Waals surface area contributed by atoms with Gasteiger partial charge in [0.05, 0.1) is 19.4 Å². The summed E-state index contributed by atoms with van der Waals surface area (Å²) in [4.78, 5) is 15.1. The molecule has 3 aromatic rings. The molecule has 1 fully saturated rings. The zero-order valence-corrected chi connectivity index (χ0v) is 17.3. The van der Waals surface area contributed by atoms with E-state index in [1.54, 1.807) is 6.21 Å². The highest BCUT2D eigenvalue weighted by molar-refractivity contribution is 5.79. The molecule has 1 aliphatic heterocycles. The van der Waals surface area contributed by atoms with Crippen molar-refractivity contribution in [1.82, 2.24) is 15.0 Å². The van der Waals surface area contributed by atoms with E-state index in [0.29, 0.717) is 37.9 Å². The van der Waals surface area contributed by atoms with Gasteiger partial charge in [-0.05, 0) is 29.8 Å². The van der Waals surface area contributed by atoms with Crippen LogP contribution in [0.2, 0.25) is 0 Å². The number of anilines is 4. The molecule has 9 nitrogen and oxygen atoms in total. The average molecular weight is 459 g/mol. The molecule has 4 rings (SSSR count). The predicted octanol–water partition coefficient (Wildman–Crippen LogP) is 3.80. The SMILES string of the molecule is FC(F)(F)Oc1ccc(Nc2nc(N/N=C/c3ccccc3)nc(N3CCOCC3)n2)cc1. The molecule has 0 aliphatic carbocycles. The van der Waals surface area contributed by atoms with E-state index in [2.05, 4.69) is 35.5 Å². The molecule has 33 heavy (non-hydrogen) atoms. The number of hydrogen-bond acceptors (Lipinski definition) is 9. The monoisotopic (exact) mass is 459 g/mol. The first-order valence-electron chi connectivity index (χ1n) is 10.0. The van der Waals surface area contributed by atoms with Gasteiger partial charge in [-0.15, -0.1) is 13.2 Å². The maximum atomic E-state index is 12.4. The van der Waals surface area contributed by atoms with Crippen LogP contribution in [0.25, 0.3) is 0 Å². The first-order valence-corrected chi connectivity index (χ1v) is 10.0. The lowest BCUT2D eigenvalue weighted by atomic mass is 10.2. The van der Waals surface area contributed by atoms with E-state index in [4.69, 9.17) is 4.74 Å². The molecule has 12 heteroatoms. The van der Waals surface area contributed by atoms with Crippen molar-refractivity contribution >= 4 is 29.7 Å². The van der Waals surface area contributed by atoms with Crippen LogP contribution in [0.1, 0.15) is 5.56 Å². The summed E-state index contributed by atoms with van der Waals surface area (Å²) in [5, 5.41) is 7.14. The van der Waals surface area contributed by atoms with E-state index >= 15 is 0 Å². The van der Waals surface area contributed by atoms with Crippen molar-refractivity contribution in [3.63, 3.8) is 0 Å². The Hall–Kier alpha value is -3.93. The molecule has 0 spiro atoms. The Morgan fingerprint density at radius 3 is 2.33 bits per heavy atom. The predicted molar refractivity (Wildman–Crippen MR) is 117 cm³/mol. The fraction of sp³-hybridized carbons (Fsp3) is 0.238. The topological polar surface area (TPSA) is 96.8 Å². The van der Waals surface area contributed by atoms with Crippen LogP contribution >= 0.6 is 0 Å². The molecule has 0 bridgehead atoms. The second-order valence-corrected chi connectivity index (χ2v) is 6.86. The van der Waals surface area contributed by atoms with E-state index in [1.807, 2.05) is 35.2 Å². The lowest BCUT2D eigenvalue weighted by Gasteiger charge is -2.27. The largest absolute Gasteiger partial charge is 0.573 e. The Balaban J connectivity index is 1.53. The minimum atomic E-state index is -4.75. The van der Waals surface area contributed by atoms with Crippen molar-refractivity contribution in [3.8, 4) is 5.75 Å². The minimum absolute atomic E-state index is 0.202. The number of halogens is 3. The van der Waals surface area contributed by atoms with Crippen LogP contribution in [0.5, 0.6) is 5.75 Å². The third-order valence-electron chi connectivity index (χ3n) is 4.44. The Kier molecular flexibility index (Phi) is 6.83. The number of aromatic nitrogens is 3. The van der Waals surface area contributed by atoms with Crippen LogP contribution in [-0.2, 0) is 4.74 Å². The maximum absolute atomic E-state index is 12.4. The summed E-state index contributed by atoms with van der Waals surface area (Å²) < 4.78 is 46.4. The second-order valence-electron chi connectivity index (χ2n) is 6.86. The summed E-state index contributed by atoms with van der Waals surface area (Å²) in [6.07, 6.45) is -3.12. The Bertz CT molecular complexity index is 1070. The number of nitrogens with zero attached hydrogens (tertiary/aromatic N) is 5. The van der Waals surface area contributed by atoms with Crippen LogP contribution in [0.4, 0.5) is 36.7 Å². The number of alkyl halides is 3. The van der Waals surface area contributed by atoms with Gasteiger partial charge >= 0.3 is 6.36 Å². The fourth-order valence-corrected chi connectivity index (χ4v) is 2.95. The molecular formula is C21H20F3N7O2. The van der Waals surface area contributed by atoms with Crippen molar-refractivity contribution in [3.05, 3.63) is 60.2 Å². The van der Waals surface area contributed by atoms with Gasteiger partial charge in [0.1, 0.15) is 5.75 Å². The number of ether oxygens (including phenoxy) is 2. The number of rotatable bonds is 7. The molecule has 0 radical (unpaired) electrons. The maximum Gasteiger partial charge on any atom is 0.573 e. The number of benzene rings is 2. The smallest absolute Gasteiger partial charge is 0.406 e. The molecule has 172 valence electrons. The zero-order chi connectivity index (χ0) is 23.1. The standard InChI is InChI=1S/C21H20F3N7O2/c22-21(23,24)33-17-8-6-16(7-9-17)26-18-27-19(30-25-14-15-4-2-1-3-5-15)29-20(28-18)31-10-12-32-13-11-31/h1-9,14H,10-13H2,(H2,26,27,28,29,30)/b25-14+. The molecule has 1 aliphatic rings. The lowest BCUT2D eigenvalue weighted by Crippen LogP contribution is -2.37. The summed E-state index contributed by atoms with van der Waals surface area (Å²) in [5.41, 5.74) is 4.17. The molecule has 1 saturated heterocycles. The van der Waals surface area contributed by atoms with Gasteiger partial charge in [0.15, 0.2) is 0 Å². The molecule has 0 saturated carbocycles. The average Bonchev–Trinajstić information content (AvgIpc) is 2.81. The van der Waals surface area contributed by atoms with Crippen molar-refractivity contribution in [2.75, 3.05) is 41.9 Å². The van der Waals surface area contributed by atoms with Gasteiger partial charge in [-0.3, -0.25) is 0 Å². The molecule has 2 aromatic carbocycles. The second kappa shape index (κ2) is 10.1. The first-order chi connectivity index (χ1) is 15.9. The molecule has 0 unspecified atom stereocenters. The summed E-state index contributed by atoms with van der Waals surface area (Å²) in [6.45, 7) is 2.31. The van der Waals surface area contributed by atoms with Crippen molar-refractivity contribution in [1.29, 1.82) is 0 Å². The quantitative estimate of drug-likeness (QED) is 0.407. The van der Waals surface area contributed by atoms with E-state index in [-0.39, 0.29) is 17.6 Å². The highest BCUT2D eigenvalue weighted by atomic mass is 19.4. The summed E-state index contributed by atoms with van der Waals surface area (Å²) in [5.74, 6) is 0.507. The van der Waals surface area contributed by atoms with Crippen LogP contribution in [0.3, 0.4) is 0 Å². The zero-order valence-electron chi connectivity index (χ0n) is 17.3. The normalized spacial score (nSPS) is 14.3. The van der Waals surface area contributed by atoms with Gasteiger partial charge in [-0.1, -0.05) is 30.3 Å². The van der Waals surface area contributed by atoms with Gasteiger partial charge in [0.25, 0.3) is 0 Å². The molecule has 1 aromatic heterocycles. The van der Waals surface area contributed by atoms with Gasteiger partial charge < -0.3 is 19.7 Å². The van der Waals surface area contributed by atoms with Gasteiger partial charge in [0, 0.05) is 18.8 Å². The third kappa shape index (κ3) is 6.77. The number of hydrazone groups is 1. The summed E-state index contributed by atoms with van der Waals surface area (Å²) in [7, 11) is 0. The first kappa shape index (κ1) is 22.3. The Labute approximate surface area is 187 Å². The van der Waals surface area contributed by atoms with Gasteiger partial charge in [0.2, 0.25) is 17.8 Å². The van der Waals surface area contributed by atoms with Crippen molar-refractivity contribution < 1.29 is 22.6 Å². The number of nitrogens with one attached hydrogen (secondary N) is 2. The summed E-state index contributed by atoms with van der Waals surface area (Å²) >= 11 is 0. The van der Waals surface area contributed by atoms with Crippen LogP contribution in [-0.4, -0.2) is 53.8 Å². The van der Waals surface area contributed by atoms with Gasteiger partial charge in [-0.25, -0.2) is 5.43 Å². The molecule has 0 atom stereocenters. The highest BCUT2D eigenvalue weighted by Crippen LogP contribution is 2.25. The van der Waals surface area contributed by atoms with Crippen LogP contribution in [0.15, 0.2) is 59.7 Å². The number of hydrogen-bond donors (Lipinski definition) is 2. The molecular weight excluding hydrogens is 439 g/mol. The van der Waals surface area contributed by atoms with E-state index in [9.17, 15) is 13.2 Å². The van der Waals surface area contributed by atoms with Gasteiger partial charge in [-0.2, -0.15) is 20.1 Å². The molecule has 0 amide bonds. The number of morpholine rings is 1. The van der Waals surface area contributed by atoms with E-state index in [0.717, 1.165) is 5.56 Å². The lowest BCUT2D eigenvalue weighted by molar-refractivity contribution is -0.274. The van der Waals surface area contributed by atoms with E-state index in [1.165, 1.54) is 24.3 Å². The molecule has 2 heterocycles. The third-order valence-corrected chi connectivity index (χ3v) is 4.44. The van der Waals surface area contributed by atoms with Crippen molar-refractivity contribution in [2.45, 2.75) is 6.36 Å². The van der Waals surface area contributed by atoms with Crippen LogP contribution in [0, 0.1) is 0 Å². The summed E-state index contributed by atoms with van der Waals surface area (Å²) in [6, 6.07) is 14.8. The van der Waals surface area contributed by atoms with E-state index < -0.39 is 6.36 Å². The van der Waals surface area contributed by atoms with Crippen LogP contribution < -0.4 is 20.4 Å². The Morgan fingerprint density at radius 1 is 0.939 bits per heavy atom. The molecule has 2 N–H and O–H groups in total.